The van der Waals surface area contributed by atoms with Gasteiger partial charge in [0, 0.05) is 20.0 Å². The van der Waals surface area contributed by atoms with Crippen molar-refractivity contribution in [2.24, 2.45) is 16.6 Å². The standard InChI is InChI=1S/C12H26N2O/c1-11(2,3)7-10(15)14(6)9-12(4,5)8-13/h7-9,13H2,1-6H3. The second-order valence-corrected chi connectivity index (χ2v) is 6.36. The molecule has 0 aromatic rings. The van der Waals surface area contributed by atoms with Crippen molar-refractivity contribution in [3.8, 4) is 0 Å². The molecule has 0 fully saturated rings. The van der Waals surface area contributed by atoms with Gasteiger partial charge in [-0.3, -0.25) is 4.79 Å². The van der Waals surface area contributed by atoms with Gasteiger partial charge in [-0.15, -0.1) is 0 Å². The molecule has 0 saturated carbocycles. The van der Waals surface area contributed by atoms with Crippen LogP contribution in [0.4, 0.5) is 0 Å². The van der Waals surface area contributed by atoms with Gasteiger partial charge >= 0.3 is 0 Å². The molecule has 3 nitrogen and oxygen atoms in total. The molecule has 0 aliphatic rings. The molecule has 0 unspecified atom stereocenters. The Kier molecular flexibility index (Phi) is 4.78. The monoisotopic (exact) mass is 214 g/mol. The van der Waals surface area contributed by atoms with E-state index in [1.807, 2.05) is 7.05 Å². The molecule has 1 amide bonds. The fourth-order valence-electron chi connectivity index (χ4n) is 1.38. The minimum absolute atomic E-state index is 0.00228. The van der Waals surface area contributed by atoms with Gasteiger partial charge in [0.05, 0.1) is 0 Å². The maximum atomic E-state index is 11.8. The Labute approximate surface area is 94.0 Å². The average Bonchev–Trinajstić information content (AvgIpc) is 2.00. The number of amides is 1. The number of carbonyl (C=O) groups is 1. The molecule has 2 N–H and O–H groups in total. The van der Waals surface area contributed by atoms with Gasteiger partial charge in [-0.2, -0.15) is 0 Å². The Hall–Kier alpha value is -0.570. The van der Waals surface area contributed by atoms with Crippen molar-refractivity contribution < 1.29 is 4.79 Å². The maximum Gasteiger partial charge on any atom is 0.222 e. The van der Waals surface area contributed by atoms with E-state index in [4.69, 9.17) is 5.73 Å². The number of hydrogen-bond acceptors (Lipinski definition) is 2. The fourth-order valence-corrected chi connectivity index (χ4v) is 1.38. The summed E-state index contributed by atoms with van der Waals surface area (Å²) in [5.41, 5.74) is 5.70. The predicted octanol–water partition coefficient (Wildman–Crippen LogP) is 1.87. The molecular formula is C12H26N2O. The Morgan fingerprint density at radius 3 is 2.00 bits per heavy atom. The van der Waals surface area contributed by atoms with Gasteiger partial charge in [0.15, 0.2) is 0 Å². The molecule has 0 rings (SSSR count). The summed E-state index contributed by atoms with van der Waals surface area (Å²) in [6, 6.07) is 0. The SMILES string of the molecule is CN(CC(C)(C)CN)C(=O)CC(C)(C)C. The van der Waals surface area contributed by atoms with Crippen LogP contribution in [0.25, 0.3) is 0 Å². The van der Waals surface area contributed by atoms with Crippen LogP contribution in [-0.4, -0.2) is 30.9 Å². The van der Waals surface area contributed by atoms with Crippen LogP contribution in [0.1, 0.15) is 41.0 Å². The Morgan fingerprint density at radius 1 is 1.20 bits per heavy atom. The lowest BCUT2D eigenvalue weighted by Gasteiger charge is -2.30. The zero-order valence-corrected chi connectivity index (χ0v) is 11.1. The van der Waals surface area contributed by atoms with E-state index < -0.39 is 0 Å². The first-order valence-corrected chi connectivity index (χ1v) is 5.51. The molecule has 0 atom stereocenters. The number of rotatable bonds is 4. The first-order valence-electron chi connectivity index (χ1n) is 5.51. The molecule has 3 heteroatoms. The first-order chi connectivity index (χ1) is 6.57. The van der Waals surface area contributed by atoms with Crippen LogP contribution in [-0.2, 0) is 4.79 Å². The van der Waals surface area contributed by atoms with Gasteiger partial charge in [0.25, 0.3) is 0 Å². The number of carbonyl (C=O) groups excluding carboxylic acids is 1. The first kappa shape index (κ1) is 14.4. The van der Waals surface area contributed by atoms with Crippen molar-refractivity contribution in [1.29, 1.82) is 0 Å². The molecule has 0 aliphatic heterocycles. The Balaban J connectivity index is 4.23. The zero-order valence-electron chi connectivity index (χ0n) is 11.1. The van der Waals surface area contributed by atoms with Crippen LogP contribution in [0, 0.1) is 10.8 Å². The lowest BCUT2D eigenvalue weighted by Crippen LogP contribution is -2.40. The number of hydrogen-bond donors (Lipinski definition) is 1. The van der Waals surface area contributed by atoms with Gasteiger partial charge in [0.2, 0.25) is 5.91 Å². The number of nitrogens with two attached hydrogens (primary N) is 1. The summed E-state index contributed by atoms with van der Waals surface area (Å²) in [4.78, 5) is 13.6. The molecule has 0 bridgehead atoms. The van der Waals surface area contributed by atoms with Crippen LogP contribution < -0.4 is 5.73 Å². The summed E-state index contributed by atoms with van der Waals surface area (Å²) in [6.07, 6.45) is 0.587. The van der Waals surface area contributed by atoms with Crippen molar-refractivity contribution in [3.05, 3.63) is 0 Å². The van der Waals surface area contributed by atoms with Crippen LogP contribution in [0.15, 0.2) is 0 Å². The van der Waals surface area contributed by atoms with E-state index in [9.17, 15) is 4.79 Å². The molecule has 0 aromatic carbocycles. The molecule has 0 aliphatic carbocycles. The minimum Gasteiger partial charge on any atom is -0.345 e. The summed E-state index contributed by atoms with van der Waals surface area (Å²) in [6.45, 7) is 11.7. The van der Waals surface area contributed by atoms with E-state index >= 15 is 0 Å². The van der Waals surface area contributed by atoms with Gasteiger partial charge in [-0.1, -0.05) is 34.6 Å². The molecule has 0 aromatic heterocycles. The van der Waals surface area contributed by atoms with Crippen molar-refractivity contribution in [2.45, 2.75) is 41.0 Å². The lowest BCUT2D eigenvalue weighted by atomic mass is 9.90. The molecule has 0 saturated heterocycles. The van der Waals surface area contributed by atoms with Gasteiger partial charge in [-0.25, -0.2) is 0 Å². The average molecular weight is 214 g/mol. The van der Waals surface area contributed by atoms with Crippen LogP contribution >= 0.6 is 0 Å². The van der Waals surface area contributed by atoms with E-state index in [2.05, 4.69) is 34.6 Å². The number of nitrogens with zero attached hydrogens (tertiary/aromatic N) is 1. The summed E-state index contributed by atoms with van der Waals surface area (Å²) in [7, 11) is 1.85. The van der Waals surface area contributed by atoms with E-state index in [-0.39, 0.29) is 16.7 Å². The van der Waals surface area contributed by atoms with E-state index in [1.54, 1.807) is 4.90 Å². The maximum absolute atomic E-state index is 11.8. The summed E-state index contributed by atoms with van der Waals surface area (Å²) in [5.74, 6) is 0.198. The van der Waals surface area contributed by atoms with Crippen molar-refractivity contribution in [3.63, 3.8) is 0 Å². The van der Waals surface area contributed by atoms with E-state index in [1.165, 1.54) is 0 Å². The second-order valence-electron chi connectivity index (χ2n) is 6.36. The summed E-state index contributed by atoms with van der Waals surface area (Å²) >= 11 is 0. The van der Waals surface area contributed by atoms with Gasteiger partial charge in [-0.05, 0) is 17.4 Å². The molecule has 0 radical (unpaired) electrons. The van der Waals surface area contributed by atoms with Crippen LogP contribution in [0.2, 0.25) is 0 Å². The van der Waals surface area contributed by atoms with E-state index in [0.717, 1.165) is 6.54 Å². The Bertz CT molecular complexity index is 216. The molecule has 15 heavy (non-hydrogen) atoms. The third-order valence-electron chi connectivity index (χ3n) is 2.33. The van der Waals surface area contributed by atoms with Crippen molar-refractivity contribution in [2.75, 3.05) is 20.1 Å². The largest absolute Gasteiger partial charge is 0.345 e. The second kappa shape index (κ2) is 4.97. The minimum atomic E-state index is 0.00228. The van der Waals surface area contributed by atoms with Crippen molar-refractivity contribution in [1.82, 2.24) is 4.90 Å². The quantitative estimate of drug-likeness (QED) is 0.776. The highest BCUT2D eigenvalue weighted by molar-refractivity contribution is 5.76. The topological polar surface area (TPSA) is 46.3 Å². The highest BCUT2D eigenvalue weighted by Crippen LogP contribution is 2.21. The van der Waals surface area contributed by atoms with Crippen LogP contribution in [0.3, 0.4) is 0 Å². The van der Waals surface area contributed by atoms with Crippen molar-refractivity contribution >= 4 is 5.91 Å². The third kappa shape index (κ3) is 6.50. The summed E-state index contributed by atoms with van der Waals surface area (Å²) in [5, 5.41) is 0. The zero-order chi connectivity index (χ0) is 12.3. The third-order valence-corrected chi connectivity index (χ3v) is 2.33. The normalized spacial score (nSPS) is 12.7. The summed E-state index contributed by atoms with van der Waals surface area (Å²) < 4.78 is 0. The van der Waals surface area contributed by atoms with Gasteiger partial charge < -0.3 is 10.6 Å². The highest BCUT2D eigenvalue weighted by atomic mass is 16.2. The molecular weight excluding hydrogens is 188 g/mol. The predicted molar refractivity (Wildman–Crippen MR) is 64.5 cm³/mol. The van der Waals surface area contributed by atoms with Gasteiger partial charge in [0.1, 0.15) is 0 Å². The molecule has 90 valence electrons. The van der Waals surface area contributed by atoms with Crippen LogP contribution in [0.5, 0.6) is 0 Å². The lowest BCUT2D eigenvalue weighted by molar-refractivity contribution is -0.132. The van der Waals surface area contributed by atoms with E-state index in [0.29, 0.717) is 13.0 Å². The molecule has 0 spiro atoms. The highest BCUT2D eigenvalue weighted by Gasteiger charge is 2.24. The fraction of sp³-hybridized carbons (Fsp3) is 0.917. The molecule has 0 heterocycles. The Morgan fingerprint density at radius 2 is 1.67 bits per heavy atom. The smallest absolute Gasteiger partial charge is 0.222 e.